The number of carbonyl (C=O) groups excluding carboxylic acids is 1. The van der Waals surface area contributed by atoms with Gasteiger partial charge < -0.3 is 20.3 Å². The Hall–Kier alpha value is -2.12. The first-order chi connectivity index (χ1) is 15.6. The highest BCUT2D eigenvalue weighted by Gasteiger charge is 2.32. The maximum Gasteiger partial charge on any atom is 0.225 e. The quantitative estimate of drug-likeness (QED) is 0.524. The summed E-state index contributed by atoms with van der Waals surface area (Å²) in [6.45, 7) is 7.99. The molecule has 1 aromatic carbocycles. The van der Waals surface area contributed by atoms with Crippen LogP contribution in [0.4, 0.5) is 0 Å². The number of nitrogens with one attached hydrogen (secondary N) is 2. The molecule has 7 heteroatoms. The standard InChI is InChI=1S/C25H39N5O2/c1-19-6-5-9-21(16-19)23(29-12-14-32-15-13-29)17-27-25(26-2)28-22-10-11-30(18-22)24(31)20-7-3-4-8-20/h5-6,9,16,20,22-23H,3-4,7-8,10-15,17-18H2,1-2H3,(H2,26,27,28). The molecular formula is C25H39N5O2. The number of likely N-dealkylation sites (tertiary alicyclic amines) is 1. The minimum Gasteiger partial charge on any atom is -0.379 e. The summed E-state index contributed by atoms with van der Waals surface area (Å²) in [5.41, 5.74) is 2.60. The van der Waals surface area contributed by atoms with Crippen molar-refractivity contribution in [1.82, 2.24) is 20.4 Å². The summed E-state index contributed by atoms with van der Waals surface area (Å²) in [5.74, 6) is 1.44. The third-order valence-corrected chi connectivity index (χ3v) is 7.14. The van der Waals surface area contributed by atoms with E-state index in [1.807, 2.05) is 7.05 Å². The fraction of sp³-hybridized carbons (Fsp3) is 0.680. The zero-order valence-electron chi connectivity index (χ0n) is 19.7. The molecule has 3 fully saturated rings. The van der Waals surface area contributed by atoms with E-state index < -0.39 is 0 Å². The van der Waals surface area contributed by atoms with E-state index in [1.165, 1.54) is 24.0 Å². The van der Waals surface area contributed by atoms with Crippen molar-refractivity contribution in [2.45, 2.75) is 51.1 Å². The van der Waals surface area contributed by atoms with Gasteiger partial charge in [0.15, 0.2) is 5.96 Å². The zero-order valence-corrected chi connectivity index (χ0v) is 19.7. The molecule has 2 unspecified atom stereocenters. The molecule has 0 spiro atoms. The van der Waals surface area contributed by atoms with Gasteiger partial charge in [0.2, 0.25) is 5.91 Å². The van der Waals surface area contributed by atoms with Gasteiger partial charge in [0, 0.05) is 51.7 Å². The highest BCUT2D eigenvalue weighted by Crippen LogP contribution is 2.28. The SMILES string of the molecule is CN=C(NCC(c1cccc(C)c1)N1CCOCC1)NC1CCN(C(=O)C2CCCC2)C1. The summed E-state index contributed by atoms with van der Waals surface area (Å²) in [7, 11) is 1.82. The molecule has 32 heavy (non-hydrogen) atoms. The first-order valence-electron chi connectivity index (χ1n) is 12.3. The Labute approximate surface area is 192 Å². The summed E-state index contributed by atoms with van der Waals surface area (Å²) < 4.78 is 5.58. The van der Waals surface area contributed by atoms with E-state index in [0.29, 0.717) is 5.91 Å². The van der Waals surface area contributed by atoms with Gasteiger partial charge in [-0.15, -0.1) is 0 Å². The van der Waals surface area contributed by atoms with Crippen molar-refractivity contribution in [3.63, 3.8) is 0 Å². The first kappa shape index (κ1) is 23.1. The van der Waals surface area contributed by atoms with Gasteiger partial charge in [0.25, 0.3) is 0 Å². The lowest BCUT2D eigenvalue weighted by atomic mass is 10.0. The smallest absolute Gasteiger partial charge is 0.225 e. The molecule has 0 aromatic heterocycles. The van der Waals surface area contributed by atoms with E-state index in [1.54, 1.807) is 0 Å². The number of guanidine groups is 1. The lowest BCUT2D eigenvalue weighted by Crippen LogP contribution is -2.49. The van der Waals surface area contributed by atoms with E-state index in [-0.39, 0.29) is 18.0 Å². The number of benzene rings is 1. The Bertz CT molecular complexity index is 786. The Balaban J connectivity index is 1.33. The predicted octanol–water partition coefficient (Wildman–Crippen LogP) is 2.32. The van der Waals surface area contributed by atoms with Gasteiger partial charge in [-0.05, 0) is 31.7 Å². The Morgan fingerprint density at radius 2 is 1.97 bits per heavy atom. The molecule has 176 valence electrons. The average molecular weight is 442 g/mol. The first-order valence-corrected chi connectivity index (χ1v) is 12.3. The number of morpholine rings is 1. The fourth-order valence-corrected chi connectivity index (χ4v) is 5.31. The largest absolute Gasteiger partial charge is 0.379 e. The van der Waals surface area contributed by atoms with Crippen LogP contribution >= 0.6 is 0 Å². The van der Waals surface area contributed by atoms with Gasteiger partial charge in [-0.1, -0.05) is 42.7 Å². The maximum absolute atomic E-state index is 12.8. The van der Waals surface area contributed by atoms with Crippen LogP contribution in [-0.4, -0.2) is 80.7 Å². The monoisotopic (exact) mass is 441 g/mol. The van der Waals surface area contributed by atoms with Gasteiger partial charge in [-0.25, -0.2) is 0 Å². The molecule has 4 rings (SSSR count). The van der Waals surface area contributed by atoms with Gasteiger partial charge >= 0.3 is 0 Å². The Kier molecular flexibility index (Phi) is 8.03. The van der Waals surface area contributed by atoms with Crippen LogP contribution in [0.2, 0.25) is 0 Å². The van der Waals surface area contributed by atoms with E-state index in [0.717, 1.165) is 71.2 Å². The van der Waals surface area contributed by atoms with E-state index in [2.05, 4.69) is 56.6 Å². The number of rotatable bonds is 6. The lowest BCUT2D eigenvalue weighted by molar-refractivity contribution is -0.134. The van der Waals surface area contributed by atoms with Crippen molar-refractivity contribution in [3.8, 4) is 0 Å². The summed E-state index contributed by atoms with van der Waals surface area (Å²) in [4.78, 5) is 21.8. The summed E-state index contributed by atoms with van der Waals surface area (Å²) in [6, 6.07) is 9.30. The molecular weight excluding hydrogens is 402 g/mol. The number of hydrogen-bond acceptors (Lipinski definition) is 4. The predicted molar refractivity (Wildman–Crippen MR) is 128 cm³/mol. The Morgan fingerprint density at radius 3 is 2.69 bits per heavy atom. The van der Waals surface area contributed by atoms with Crippen molar-refractivity contribution in [1.29, 1.82) is 0 Å². The number of aliphatic imine (C=N–C) groups is 1. The number of carbonyl (C=O) groups is 1. The molecule has 3 aliphatic rings. The average Bonchev–Trinajstić information content (AvgIpc) is 3.51. The third-order valence-electron chi connectivity index (χ3n) is 7.14. The minimum atomic E-state index is 0.257. The second-order valence-corrected chi connectivity index (χ2v) is 9.43. The van der Waals surface area contributed by atoms with E-state index in [4.69, 9.17) is 4.74 Å². The molecule has 0 bridgehead atoms. The number of ether oxygens (including phenoxy) is 1. The summed E-state index contributed by atoms with van der Waals surface area (Å²) in [5, 5.41) is 7.13. The normalized spacial score (nSPS) is 24.0. The number of aryl methyl sites for hydroxylation is 1. The van der Waals surface area contributed by atoms with Crippen molar-refractivity contribution in [3.05, 3.63) is 35.4 Å². The van der Waals surface area contributed by atoms with Gasteiger partial charge in [-0.3, -0.25) is 14.7 Å². The molecule has 2 atom stereocenters. The van der Waals surface area contributed by atoms with Crippen LogP contribution in [-0.2, 0) is 9.53 Å². The molecule has 0 radical (unpaired) electrons. The van der Waals surface area contributed by atoms with Crippen LogP contribution in [0.15, 0.2) is 29.3 Å². The van der Waals surface area contributed by atoms with Crippen LogP contribution in [0.3, 0.4) is 0 Å². The van der Waals surface area contributed by atoms with Crippen molar-refractivity contribution in [2.24, 2.45) is 10.9 Å². The zero-order chi connectivity index (χ0) is 22.3. The van der Waals surface area contributed by atoms with Crippen molar-refractivity contribution >= 4 is 11.9 Å². The number of amides is 1. The van der Waals surface area contributed by atoms with Crippen LogP contribution in [0.1, 0.15) is 49.3 Å². The lowest BCUT2D eigenvalue weighted by Gasteiger charge is -2.35. The minimum absolute atomic E-state index is 0.257. The molecule has 7 nitrogen and oxygen atoms in total. The highest BCUT2D eigenvalue weighted by atomic mass is 16.5. The van der Waals surface area contributed by atoms with Crippen LogP contribution < -0.4 is 10.6 Å². The van der Waals surface area contributed by atoms with E-state index >= 15 is 0 Å². The molecule has 2 N–H and O–H groups in total. The second kappa shape index (κ2) is 11.1. The second-order valence-electron chi connectivity index (χ2n) is 9.43. The summed E-state index contributed by atoms with van der Waals surface area (Å²) >= 11 is 0. The van der Waals surface area contributed by atoms with Crippen molar-refractivity contribution in [2.75, 3.05) is 53.0 Å². The molecule has 2 aliphatic heterocycles. The molecule has 2 heterocycles. The molecule has 1 aromatic rings. The topological polar surface area (TPSA) is 69.2 Å². The maximum atomic E-state index is 12.8. The molecule has 1 saturated carbocycles. The highest BCUT2D eigenvalue weighted by molar-refractivity contribution is 5.81. The number of hydrogen-bond donors (Lipinski definition) is 2. The fourth-order valence-electron chi connectivity index (χ4n) is 5.31. The third kappa shape index (κ3) is 5.81. The summed E-state index contributed by atoms with van der Waals surface area (Å²) in [6.07, 6.45) is 5.52. The molecule has 2 saturated heterocycles. The van der Waals surface area contributed by atoms with E-state index in [9.17, 15) is 4.79 Å². The van der Waals surface area contributed by atoms with Gasteiger partial charge in [-0.2, -0.15) is 0 Å². The number of nitrogens with zero attached hydrogens (tertiary/aromatic N) is 3. The van der Waals surface area contributed by atoms with Gasteiger partial charge in [0.05, 0.1) is 19.3 Å². The molecule has 1 aliphatic carbocycles. The van der Waals surface area contributed by atoms with Gasteiger partial charge in [0.1, 0.15) is 0 Å². The Morgan fingerprint density at radius 1 is 1.19 bits per heavy atom. The van der Waals surface area contributed by atoms with Crippen LogP contribution in [0, 0.1) is 12.8 Å². The molecule has 1 amide bonds. The van der Waals surface area contributed by atoms with Crippen LogP contribution in [0.25, 0.3) is 0 Å². The van der Waals surface area contributed by atoms with Crippen LogP contribution in [0.5, 0.6) is 0 Å². The van der Waals surface area contributed by atoms with Crippen molar-refractivity contribution < 1.29 is 9.53 Å².